The molecule has 82 valence electrons. The molecule has 0 aromatic carbocycles. The van der Waals surface area contributed by atoms with Crippen LogP contribution in [0.3, 0.4) is 0 Å². The largest absolute Gasteiger partial charge is 0.419 e. The van der Waals surface area contributed by atoms with Crippen LogP contribution >= 0.6 is 0 Å². The minimum absolute atomic E-state index is 0.00574. The van der Waals surface area contributed by atoms with Crippen molar-refractivity contribution in [3.05, 3.63) is 11.6 Å². The van der Waals surface area contributed by atoms with Crippen LogP contribution in [0.1, 0.15) is 39.0 Å². The van der Waals surface area contributed by atoms with E-state index >= 15 is 0 Å². The third-order valence-corrected chi connectivity index (χ3v) is 2.90. The zero-order chi connectivity index (χ0) is 10.9. The van der Waals surface area contributed by atoms with Gasteiger partial charge in [0, 0.05) is 12.8 Å². The number of ether oxygens (including phenoxy) is 2. The molecule has 0 N–H and O–H groups in total. The molecule has 2 rings (SSSR count). The molecule has 1 spiro atoms. The van der Waals surface area contributed by atoms with Crippen molar-refractivity contribution in [3.8, 4) is 0 Å². The molecule has 0 atom stereocenters. The number of hydrogen-bond acceptors (Lipinski definition) is 4. The summed E-state index contributed by atoms with van der Waals surface area (Å²) in [7, 11) is 0. The first-order valence-corrected chi connectivity index (χ1v) is 5.30. The Balaban J connectivity index is 2.19. The predicted octanol–water partition coefficient (Wildman–Crippen LogP) is 1.69. The molecule has 15 heavy (non-hydrogen) atoms. The molecule has 1 aliphatic heterocycles. The molecule has 0 aromatic rings. The van der Waals surface area contributed by atoms with Crippen molar-refractivity contribution in [2.45, 2.75) is 44.8 Å². The van der Waals surface area contributed by atoms with E-state index in [-0.39, 0.29) is 5.57 Å². The van der Waals surface area contributed by atoms with E-state index in [2.05, 4.69) is 0 Å². The highest BCUT2D eigenvalue weighted by atomic mass is 16.7. The molecular weight excluding hydrogens is 196 g/mol. The zero-order valence-corrected chi connectivity index (χ0v) is 8.75. The zero-order valence-electron chi connectivity index (χ0n) is 8.75. The molecule has 0 unspecified atom stereocenters. The Morgan fingerprint density at radius 2 is 1.60 bits per heavy atom. The molecular formula is C11H14O4. The predicted molar refractivity (Wildman–Crippen MR) is 51.8 cm³/mol. The fourth-order valence-corrected chi connectivity index (χ4v) is 2.08. The minimum atomic E-state index is -0.959. The molecule has 1 aliphatic carbocycles. The lowest BCUT2D eigenvalue weighted by Crippen LogP contribution is -2.47. The first kappa shape index (κ1) is 10.2. The highest BCUT2D eigenvalue weighted by molar-refractivity contribution is 6.15. The SMILES string of the molecule is CC=C1C(=O)OC2(CCCCC2)OC1=O. The normalized spacial score (nSPS) is 24.7. The van der Waals surface area contributed by atoms with Gasteiger partial charge in [-0.3, -0.25) is 0 Å². The van der Waals surface area contributed by atoms with E-state index in [0.29, 0.717) is 12.8 Å². The van der Waals surface area contributed by atoms with E-state index in [1.807, 2.05) is 0 Å². The lowest BCUT2D eigenvalue weighted by molar-refractivity contribution is -0.244. The Hall–Kier alpha value is -1.32. The van der Waals surface area contributed by atoms with Gasteiger partial charge in [0.1, 0.15) is 5.57 Å². The number of hydrogen-bond donors (Lipinski definition) is 0. The van der Waals surface area contributed by atoms with Crippen LogP contribution in [0.25, 0.3) is 0 Å². The van der Waals surface area contributed by atoms with Gasteiger partial charge in [0.05, 0.1) is 0 Å². The van der Waals surface area contributed by atoms with Gasteiger partial charge in [-0.15, -0.1) is 0 Å². The maximum atomic E-state index is 11.5. The van der Waals surface area contributed by atoms with E-state index in [4.69, 9.17) is 9.47 Å². The first-order valence-electron chi connectivity index (χ1n) is 5.30. The van der Waals surface area contributed by atoms with Gasteiger partial charge < -0.3 is 9.47 Å². The van der Waals surface area contributed by atoms with Crippen molar-refractivity contribution in [1.82, 2.24) is 0 Å². The quantitative estimate of drug-likeness (QED) is 0.347. The molecule has 0 radical (unpaired) electrons. The van der Waals surface area contributed by atoms with Gasteiger partial charge in [0.25, 0.3) is 5.79 Å². The molecule has 0 amide bonds. The van der Waals surface area contributed by atoms with Crippen LogP contribution < -0.4 is 0 Å². The van der Waals surface area contributed by atoms with Crippen LogP contribution in [0.5, 0.6) is 0 Å². The summed E-state index contributed by atoms with van der Waals surface area (Å²) in [5.74, 6) is -2.05. The van der Waals surface area contributed by atoms with Crippen molar-refractivity contribution < 1.29 is 19.1 Å². The number of rotatable bonds is 0. The maximum absolute atomic E-state index is 11.5. The lowest BCUT2D eigenvalue weighted by atomic mass is 9.93. The molecule has 2 fully saturated rings. The van der Waals surface area contributed by atoms with Crippen LogP contribution in [0.15, 0.2) is 11.6 Å². The van der Waals surface area contributed by atoms with Gasteiger partial charge in [0.2, 0.25) is 0 Å². The second-order valence-corrected chi connectivity index (χ2v) is 3.95. The smallest absolute Gasteiger partial charge is 0.348 e. The Labute approximate surface area is 88.2 Å². The minimum Gasteiger partial charge on any atom is -0.419 e. The second-order valence-electron chi connectivity index (χ2n) is 3.95. The molecule has 1 saturated heterocycles. The van der Waals surface area contributed by atoms with E-state index in [1.54, 1.807) is 6.92 Å². The van der Waals surface area contributed by atoms with Gasteiger partial charge in [0.15, 0.2) is 0 Å². The number of allylic oxidation sites excluding steroid dienone is 1. The standard InChI is InChI=1S/C11H14O4/c1-2-8-9(12)14-11(15-10(8)13)6-4-3-5-7-11/h2H,3-7H2,1H3. The van der Waals surface area contributed by atoms with Gasteiger partial charge in [-0.05, 0) is 19.8 Å². The van der Waals surface area contributed by atoms with Crippen LogP contribution in [0, 0.1) is 0 Å². The van der Waals surface area contributed by atoms with E-state index in [0.717, 1.165) is 19.3 Å². The Kier molecular flexibility index (Phi) is 2.50. The van der Waals surface area contributed by atoms with Crippen molar-refractivity contribution in [3.63, 3.8) is 0 Å². The Bertz CT molecular complexity index is 301. The Morgan fingerprint density at radius 1 is 1.07 bits per heavy atom. The summed E-state index contributed by atoms with van der Waals surface area (Å²) in [6, 6.07) is 0. The molecule has 1 heterocycles. The summed E-state index contributed by atoms with van der Waals surface area (Å²) in [5.41, 5.74) is 0.00574. The average molecular weight is 210 g/mol. The number of carbonyl (C=O) groups is 2. The molecule has 0 bridgehead atoms. The molecule has 4 nitrogen and oxygen atoms in total. The highest BCUT2D eigenvalue weighted by Crippen LogP contribution is 2.36. The van der Waals surface area contributed by atoms with Gasteiger partial charge >= 0.3 is 11.9 Å². The van der Waals surface area contributed by atoms with Crippen LogP contribution in [0.4, 0.5) is 0 Å². The van der Waals surface area contributed by atoms with Crippen molar-refractivity contribution in [2.24, 2.45) is 0 Å². The van der Waals surface area contributed by atoms with E-state index < -0.39 is 17.7 Å². The molecule has 0 aromatic heterocycles. The van der Waals surface area contributed by atoms with E-state index in [1.165, 1.54) is 6.08 Å². The third kappa shape index (κ3) is 1.76. The summed E-state index contributed by atoms with van der Waals surface area (Å²) in [4.78, 5) is 23.0. The Morgan fingerprint density at radius 3 is 2.07 bits per heavy atom. The summed E-state index contributed by atoms with van der Waals surface area (Å²) in [6.45, 7) is 1.62. The van der Waals surface area contributed by atoms with Crippen molar-refractivity contribution >= 4 is 11.9 Å². The third-order valence-electron chi connectivity index (χ3n) is 2.90. The second kappa shape index (κ2) is 3.68. The van der Waals surface area contributed by atoms with Gasteiger partial charge in [-0.2, -0.15) is 0 Å². The van der Waals surface area contributed by atoms with Gasteiger partial charge in [-0.25, -0.2) is 9.59 Å². The number of esters is 2. The van der Waals surface area contributed by atoms with Crippen LogP contribution in [-0.2, 0) is 19.1 Å². The summed E-state index contributed by atoms with van der Waals surface area (Å²) >= 11 is 0. The lowest BCUT2D eigenvalue weighted by Gasteiger charge is -2.38. The maximum Gasteiger partial charge on any atom is 0.348 e. The monoisotopic (exact) mass is 210 g/mol. The van der Waals surface area contributed by atoms with Crippen LogP contribution in [-0.4, -0.2) is 17.7 Å². The van der Waals surface area contributed by atoms with Crippen LogP contribution in [0.2, 0.25) is 0 Å². The molecule has 2 aliphatic rings. The van der Waals surface area contributed by atoms with Gasteiger partial charge in [-0.1, -0.05) is 12.5 Å². The summed E-state index contributed by atoms with van der Waals surface area (Å²) < 4.78 is 10.5. The van der Waals surface area contributed by atoms with Crippen molar-refractivity contribution in [1.29, 1.82) is 0 Å². The summed E-state index contributed by atoms with van der Waals surface area (Å²) in [5, 5.41) is 0. The first-order chi connectivity index (χ1) is 7.17. The number of carbonyl (C=O) groups excluding carboxylic acids is 2. The van der Waals surface area contributed by atoms with E-state index in [9.17, 15) is 9.59 Å². The average Bonchev–Trinajstić information content (AvgIpc) is 2.18. The molecule has 1 saturated carbocycles. The molecule has 4 heteroatoms. The fraction of sp³-hybridized carbons (Fsp3) is 0.636. The van der Waals surface area contributed by atoms with Crippen molar-refractivity contribution in [2.75, 3.05) is 0 Å². The summed E-state index contributed by atoms with van der Waals surface area (Å²) in [6.07, 6.45) is 5.66. The topological polar surface area (TPSA) is 52.6 Å². The highest BCUT2D eigenvalue weighted by Gasteiger charge is 2.46. The fourth-order valence-electron chi connectivity index (χ4n) is 2.08.